The number of nitrogens with one attached hydrogen (secondary N) is 1. The van der Waals surface area contributed by atoms with Gasteiger partial charge in [0.1, 0.15) is 22.9 Å². The molecule has 1 amide bonds. The molecule has 3 aromatic carbocycles. The lowest BCUT2D eigenvalue weighted by molar-refractivity contribution is 0.0751. The zero-order valence-corrected chi connectivity index (χ0v) is 16.5. The van der Waals surface area contributed by atoms with Crippen LogP contribution < -0.4 is 15.8 Å². The van der Waals surface area contributed by atoms with E-state index in [1.165, 1.54) is 12.1 Å². The zero-order chi connectivity index (χ0) is 22.4. The maximum absolute atomic E-state index is 14.7. The molecule has 3 rings (SSSR count). The van der Waals surface area contributed by atoms with Gasteiger partial charge in [0.2, 0.25) is 0 Å². The summed E-state index contributed by atoms with van der Waals surface area (Å²) in [4.78, 5) is 12.0. The molecule has 162 valence electrons. The van der Waals surface area contributed by atoms with Crippen molar-refractivity contribution in [1.29, 1.82) is 0 Å². The molecule has 0 saturated carbocycles. The van der Waals surface area contributed by atoms with Crippen LogP contribution in [-0.4, -0.2) is 35.4 Å². The zero-order valence-electron chi connectivity index (χ0n) is 16.5. The van der Waals surface area contributed by atoms with Gasteiger partial charge in [0.05, 0.1) is 30.7 Å². The predicted molar refractivity (Wildman–Crippen MR) is 113 cm³/mol. The second kappa shape index (κ2) is 10.0. The highest BCUT2D eigenvalue weighted by atomic mass is 19.1. The Bertz CT molecular complexity index is 1060. The Hall–Kier alpha value is -3.49. The summed E-state index contributed by atoms with van der Waals surface area (Å²) >= 11 is 0. The van der Waals surface area contributed by atoms with Gasteiger partial charge >= 0.3 is 0 Å². The average molecular weight is 428 g/mol. The Labute approximate surface area is 177 Å². The molecule has 0 spiro atoms. The van der Waals surface area contributed by atoms with Gasteiger partial charge in [-0.25, -0.2) is 8.78 Å². The Morgan fingerprint density at radius 2 is 1.77 bits per heavy atom. The lowest BCUT2D eigenvalue weighted by Crippen LogP contribution is -2.19. The van der Waals surface area contributed by atoms with E-state index in [4.69, 9.17) is 15.6 Å². The molecule has 0 radical (unpaired) electrons. The standard InChI is InChI=1S/C23H22F2N2O4/c24-16-11-20(22(23(26)30)21(12-16)31-9-8-17(29)13-28)27-19-7-6-15(10-18(19)25)14-4-2-1-3-5-14/h1-7,10-12,17,27-29H,8-9,13H2,(H2,26,30). The Balaban J connectivity index is 1.89. The van der Waals surface area contributed by atoms with Crippen LogP contribution in [0, 0.1) is 11.6 Å². The number of primary amides is 1. The number of aliphatic hydroxyl groups excluding tert-OH is 2. The van der Waals surface area contributed by atoms with Crippen LogP contribution in [0.1, 0.15) is 16.8 Å². The third-order valence-electron chi connectivity index (χ3n) is 4.58. The second-order valence-corrected chi connectivity index (χ2v) is 6.85. The largest absolute Gasteiger partial charge is 0.492 e. The van der Waals surface area contributed by atoms with Gasteiger partial charge in [0.25, 0.3) is 5.91 Å². The van der Waals surface area contributed by atoms with Crippen molar-refractivity contribution < 1.29 is 28.5 Å². The van der Waals surface area contributed by atoms with Gasteiger partial charge in [-0.1, -0.05) is 36.4 Å². The van der Waals surface area contributed by atoms with Crippen molar-refractivity contribution >= 4 is 17.3 Å². The Morgan fingerprint density at radius 1 is 1.03 bits per heavy atom. The number of amides is 1. The van der Waals surface area contributed by atoms with Gasteiger partial charge < -0.3 is 26.0 Å². The van der Waals surface area contributed by atoms with Gasteiger partial charge in [0, 0.05) is 12.5 Å². The summed E-state index contributed by atoms with van der Waals surface area (Å²) in [5.74, 6) is -2.39. The number of carbonyl (C=O) groups excluding carboxylic acids is 1. The highest BCUT2D eigenvalue weighted by Gasteiger charge is 2.19. The summed E-state index contributed by atoms with van der Waals surface area (Å²) in [6, 6.07) is 15.7. The molecule has 0 heterocycles. The van der Waals surface area contributed by atoms with E-state index in [9.17, 15) is 18.7 Å². The van der Waals surface area contributed by atoms with Crippen molar-refractivity contribution in [1.82, 2.24) is 0 Å². The summed E-state index contributed by atoms with van der Waals surface area (Å²) in [5.41, 5.74) is 6.74. The first-order valence-electron chi connectivity index (χ1n) is 9.56. The van der Waals surface area contributed by atoms with Crippen molar-refractivity contribution in [3.05, 3.63) is 77.9 Å². The van der Waals surface area contributed by atoms with Crippen LogP contribution in [0.15, 0.2) is 60.7 Å². The number of carbonyl (C=O) groups is 1. The van der Waals surface area contributed by atoms with Crippen LogP contribution in [0.25, 0.3) is 11.1 Å². The monoisotopic (exact) mass is 428 g/mol. The van der Waals surface area contributed by atoms with Crippen molar-refractivity contribution in [2.24, 2.45) is 5.73 Å². The van der Waals surface area contributed by atoms with Crippen LogP contribution in [0.3, 0.4) is 0 Å². The van der Waals surface area contributed by atoms with Crippen LogP contribution in [0.2, 0.25) is 0 Å². The van der Waals surface area contributed by atoms with E-state index in [1.54, 1.807) is 6.07 Å². The topological polar surface area (TPSA) is 105 Å². The molecule has 5 N–H and O–H groups in total. The molecule has 6 nitrogen and oxygen atoms in total. The summed E-state index contributed by atoms with van der Waals surface area (Å²) in [6.45, 7) is -0.550. The van der Waals surface area contributed by atoms with Gasteiger partial charge in [0.15, 0.2) is 0 Å². The lowest BCUT2D eigenvalue weighted by Gasteiger charge is -2.17. The molecule has 0 bridgehead atoms. The molecule has 0 aliphatic rings. The first-order chi connectivity index (χ1) is 14.9. The molecule has 0 aromatic heterocycles. The van der Waals surface area contributed by atoms with Gasteiger partial charge in [-0.3, -0.25) is 4.79 Å². The van der Waals surface area contributed by atoms with Gasteiger partial charge in [-0.2, -0.15) is 0 Å². The first kappa shape index (κ1) is 22.2. The Kier molecular flexibility index (Phi) is 7.17. The maximum Gasteiger partial charge on any atom is 0.254 e. The van der Waals surface area contributed by atoms with E-state index in [0.29, 0.717) is 5.56 Å². The average Bonchev–Trinajstić information content (AvgIpc) is 2.75. The fourth-order valence-electron chi connectivity index (χ4n) is 3.02. The van der Waals surface area contributed by atoms with Crippen LogP contribution in [0.4, 0.5) is 20.2 Å². The van der Waals surface area contributed by atoms with Crippen LogP contribution >= 0.6 is 0 Å². The van der Waals surface area contributed by atoms with Crippen LogP contribution in [-0.2, 0) is 0 Å². The van der Waals surface area contributed by atoms with E-state index in [0.717, 1.165) is 17.7 Å². The summed E-state index contributed by atoms with van der Waals surface area (Å²) in [7, 11) is 0. The summed E-state index contributed by atoms with van der Waals surface area (Å²) in [5, 5.41) is 21.0. The minimum Gasteiger partial charge on any atom is -0.492 e. The van der Waals surface area contributed by atoms with Crippen LogP contribution in [0.5, 0.6) is 5.75 Å². The number of halogens is 2. The minimum absolute atomic E-state index is 0.0226. The highest BCUT2D eigenvalue weighted by molar-refractivity contribution is 6.02. The molecule has 8 heteroatoms. The molecule has 0 saturated heterocycles. The molecule has 1 unspecified atom stereocenters. The first-order valence-corrected chi connectivity index (χ1v) is 9.56. The number of anilines is 2. The second-order valence-electron chi connectivity index (χ2n) is 6.85. The third-order valence-corrected chi connectivity index (χ3v) is 4.58. The van der Waals surface area contributed by atoms with Crippen molar-refractivity contribution in [3.8, 4) is 16.9 Å². The molecular formula is C23H22F2N2O4. The molecule has 1 atom stereocenters. The summed E-state index contributed by atoms with van der Waals surface area (Å²) < 4.78 is 34.3. The minimum atomic E-state index is -1.01. The molecule has 0 aliphatic heterocycles. The fraction of sp³-hybridized carbons (Fsp3) is 0.174. The quantitative estimate of drug-likeness (QED) is 0.417. The van der Waals surface area contributed by atoms with Gasteiger partial charge in [-0.15, -0.1) is 0 Å². The predicted octanol–water partition coefficient (Wildman–Crippen LogP) is 3.60. The van der Waals surface area contributed by atoms with E-state index in [2.05, 4.69) is 5.32 Å². The van der Waals surface area contributed by atoms with E-state index < -0.39 is 30.3 Å². The van der Waals surface area contributed by atoms with E-state index in [1.807, 2.05) is 30.3 Å². The maximum atomic E-state index is 14.7. The van der Waals surface area contributed by atoms with Gasteiger partial charge in [-0.05, 0) is 29.3 Å². The number of ether oxygens (including phenoxy) is 1. The SMILES string of the molecule is NC(=O)c1c(Nc2ccc(-c3ccccc3)cc2F)cc(F)cc1OCCC(O)CO. The summed E-state index contributed by atoms with van der Waals surface area (Å²) in [6.07, 6.45) is -0.954. The lowest BCUT2D eigenvalue weighted by atomic mass is 10.0. The fourth-order valence-corrected chi connectivity index (χ4v) is 3.02. The normalized spacial score (nSPS) is 11.7. The van der Waals surface area contributed by atoms with Crippen molar-refractivity contribution in [2.75, 3.05) is 18.5 Å². The number of hydrogen-bond acceptors (Lipinski definition) is 5. The number of nitrogens with two attached hydrogens (primary N) is 1. The van der Waals surface area contributed by atoms with E-state index >= 15 is 0 Å². The number of rotatable bonds is 9. The highest BCUT2D eigenvalue weighted by Crippen LogP contribution is 2.32. The number of aliphatic hydroxyl groups is 2. The smallest absolute Gasteiger partial charge is 0.254 e. The van der Waals surface area contributed by atoms with Crippen molar-refractivity contribution in [2.45, 2.75) is 12.5 Å². The molecule has 3 aromatic rings. The van der Waals surface area contributed by atoms with Crippen molar-refractivity contribution in [3.63, 3.8) is 0 Å². The molecular weight excluding hydrogens is 406 g/mol. The van der Waals surface area contributed by atoms with E-state index in [-0.39, 0.29) is 35.7 Å². The molecule has 31 heavy (non-hydrogen) atoms. The molecule has 0 aliphatic carbocycles. The Morgan fingerprint density at radius 3 is 2.42 bits per heavy atom. The molecule has 0 fully saturated rings. The number of benzene rings is 3. The number of hydrogen-bond donors (Lipinski definition) is 4. The third kappa shape index (κ3) is 5.56.